The van der Waals surface area contributed by atoms with Crippen LogP contribution in [0.15, 0.2) is 16.9 Å². The molecule has 1 aromatic heterocycles. The van der Waals surface area contributed by atoms with Crippen molar-refractivity contribution >= 4 is 5.97 Å². The molecule has 0 radical (unpaired) electrons. The van der Waals surface area contributed by atoms with E-state index in [0.717, 1.165) is 12.8 Å². The summed E-state index contributed by atoms with van der Waals surface area (Å²) in [7, 11) is 0. The first kappa shape index (κ1) is 10.9. The zero-order chi connectivity index (χ0) is 11.7. The molecular formula is C12H15NO3. The summed E-state index contributed by atoms with van der Waals surface area (Å²) in [6, 6.07) is 2.90. The molecule has 0 spiro atoms. The number of hydrogen-bond acceptors (Lipinski definition) is 3. The summed E-state index contributed by atoms with van der Waals surface area (Å²) in [6.45, 7) is 3.64. The largest absolute Gasteiger partial charge is 0.459 e. The average molecular weight is 221 g/mol. The quantitative estimate of drug-likeness (QED) is 0.789. The summed E-state index contributed by atoms with van der Waals surface area (Å²) < 4.78 is 5.28. The van der Waals surface area contributed by atoms with E-state index in [2.05, 4.69) is 4.98 Å². The SMILES string of the molecule is Cc1cc(C(=O)O[C@@H](C)C2CC2)cc(=O)[nH]1. The number of carbonyl (C=O) groups excluding carboxylic acids is 1. The maximum atomic E-state index is 11.7. The Morgan fingerprint density at radius 1 is 1.50 bits per heavy atom. The van der Waals surface area contributed by atoms with Crippen molar-refractivity contribution in [3.63, 3.8) is 0 Å². The molecule has 1 heterocycles. The Hall–Kier alpha value is -1.58. The third kappa shape index (κ3) is 2.51. The number of esters is 1. The van der Waals surface area contributed by atoms with E-state index in [-0.39, 0.29) is 11.7 Å². The Morgan fingerprint density at radius 2 is 2.19 bits per heavy atom. The van der Waals surface area contributed by atoms with Crippen LogP contribution in [-0.2, 0) is 4.74 Å². The third-order valence-electron chi connectivity index (χ3n) is 2.79. The molecule has 0 amide bonds. The number of aromatic amines is 1. The van der Waals surface area contributed by atoms with Gasteiger partial charge in [0.15, 0.2) is 0 Å². The molecule has 1 aliphatic rings. The summed E-state index contributed by atoms with van der Waals surface area (Å²) in [5, 5.41) is 0. The highest BCUT2D eigenvalue weighted by atomic mass is 16.5. The summed E-state index contributed by atoms with van der Waals surface area (Å²) in [6.07, 6.45) is 2.21. The predicted molar refractivity (Wildman–Crippen MR) is 59.4 cm³/mol. The fourth-order valence-electron chi connectivity index (χ4n) is 1.70. The Kier molecular flexibility index (Phi) is 2.81. The number of aryl methyl sites for hydroxylation is 1. The topological polar surface area (TPSA) is 59.2 Å². The van der Waals surface area contributed by atoms with Crippen LogP contribution in [0.5, 0.6) is 0 Å². The van der Waals surface area contributed by atoms with Gasteiger partial charge in [-0.15, -0.1) is 0 Å². The van der Waals surface area contributed by atoms with E-state index in [1.165, 1.54) is 6.07 Å². The summed E-state index contributed by atoms with van der Waals surface area (Å²) in [5.74, 6) is 0.0978. The van der Waals surface area contributed by atoms with Gasteiger partial charge in [0.1, 0.15) is 6.10 Å². The number of aromatic nitrogens is 1. The molecule has 1 N–H and O–H groups in total. The standard InChI is InChI=1S/C12H15NO3/c1-7-5-10(6-11(14)13-7)12(15)16-8(2)9-3-4-9/h5-6,8-9H,3-4H2,1-2H3,(H,13,14)/t8-/m0/s1. The molecule has 4 nitrogen and oxygen atoms in total. The Morgan fingerprint density at radius 3 is 2.75 bits per heavy atom. The van der Waals surface area contributed by atoms with Crippen molar-refractivity contribution in [2.75, 3.05) is 0 Å². The van der Waals surface area contributed by atoms with Crippen LogP contribution in [0.3, 0.4) is 0 Å². The van der Waals surface area contributed by atoms with Crippen molar-refractivity contribution in [2.24, 2.45) is 5.92 Å². The van der Waals surface area contributed by atoms with Crippen LogP contribution in [0.25, 0.3) is 0 Å². The number of ether oxygens (including phenoxy) is 1. The highest BCUT2D eigenvalue weighted by Crippen LogP contribution is 2.34. The maximum absolute atomic E-state index is 11.7. The number of nitrogens with one attached hydrogen (secondary N) is 1. The molecular weight excluding hydrogens is 206 g/mol. The van der Waals surface area contributed by atoms with Gasteiger partial charge in [0.25, 0.3) is 0 Å². The van der Waals surface area contributed by atoms with Crippen LogP contribution in [0.1, 0.15) is 35.8 Å². The van der Waals surface area contributed by atoms with Crippen LogP contribution in [-0.4, -0.2) is 17.1 Å². The predicted octanol–water partition coefficient (Wildman–Crippen LogP) is 1.64. The molecule has 0 bridgehead atoms. The van der Waals surface area contributed by atoms with Gasteiger partial charge in [0.2, 0.25) is 5.56 Å². The van der Waals surface area contributed by atoms with Crippen molar-refractivity contribution in [1.29, 1.82) is 0 Å². The number of rotatable bonds is 3. The average Bonchev–Trinajstić information content (AvgIpc) is 2.98. The molecule has 0 aliphatic heterocycles. The lowest BCUT2D eigenvalue weighted by molar-refractivity contribution is 0.0294. The van der Waals surface area contributed by atoms with Gasteiger partial charge < -0.3 is 9.72 Å². The van der Waals surface area contributed by atoms with E-state index in [0.29, 0.717) is 17.2 Å². The summed E-state index contributed by atoms with van der Waals surface area (Å²) in [5.41, 5.74) is 0.721. The van der Waals surface area contributed by atoms with Crippen molar-refractivity contribution in [1.82, 2.24) is 4.98 Å². The smallest absolute Gasteiger partial charge is 0.338 e. The third-order valence-corrected chi connectivity index (χ3v) is 2.79. The van der Waals surface area contributed by atoms with E-state index < -0.39 is 5.97 Å². The Bertz CT molecular complexity index is 460. The van der Waals surface area contributed by atoms with Gasteiger partial charge in [-0.2, -0.15) is 0 Å². The normalized spacial score (nSPS) is 16.9. The zero-order valence-corrected chi connectivity index (χ0v) is 9.45. The summed E-state index contributed by atoms with van der Waals surface area (Å²) >= 11 is 0. The van der Waals surface area contributed by atoms with Crippen molar-refractivity contribution in [3.05, 3.63) is 33.7 Å². The molecule has 1 fully saturated rings. The highest BCUT2D eigenvalue weighted by Gasteiger charge is 2.30. The number of carbonyl (C=O) groups is 1. The molecule has 1 aliphatic carbocycles. The highest BCUT2D eigenvalue weighted by molar-refractivity contribution is 5.89. The van der Waals surface area contributed by atoms with Gasteiger partial charge in [-0.3, -0.25) is 4.79 Å². The molecule has 1 atom stereocenters. The van der Waals surface area contributed by atoms with Crippen LogP contribution in [0.4, 0.5) is 0 Å². The van der Waals surface area contributed by atoms with Gasteiger partial charge >= 0.3 is 5.97 Å². The lowest BCUT2D eigenvalue weighted by Crippen LogP contribution is -2.19. The monoisotopic (exact) mass is 221 g/mol. The molecule has 4 heteroatoms. The molecule has 2 rings (SSSR count). The molecule has 1 saturated carbocycles. The molecule has 0 unspecified atom stereocenters. The number of H-pyrrole nitrogens is 1. The van der Waals surface area contributed by atoms with E-state index in [4.69, 9.17) is 4.74 Å². The lowest BCUT2D eigenvalue weighted by Gasteiger charge is -2.11. The first-order valence-corrected chi connectivity index (χ1v) is 5.48. The second-order valence-corrected chi connectivity index (χ2v) is 4.36. The van der Waals surface area contributed by atoms with Gasteiger partial charge in [-0.1, -0.05) is 0 Å². The van der Waals surface area contributed by atoms with E-state index >= 15 is 0 Å². The van der Waals surface area contributed by atoms with Crippen LogP contribution >= 0.6 is 0 Å². The molecule has 86 valence electrons. The first-order chi connectivity index (χ1) is 7.56. The maximum Gasteiger partial charge on any atom is 0.338 e. The van der Waals surface area contributed by atoms with Gasteiger partial charge in [-0.05, 0) is 38.7 Å². The van der Waals surface area contributed by atoms with E-state index in [1.807, 2.05) is 6.92 Å². The Balaban J connectivity index is 2.10. The zero-order valence-electron chi connectivity index (χ0n) is 9.45. The fraction of sp³-hybridized carbons (Fsp3) is 0.500. The number of pyridine rings is 1. The lowest BCUT2D eigenvalue weighted by atomic mass is 10.2. The first-order valence-electron chi connectivity index (χ1n) is 5.48. The van der Waals surface area contributed by atoms with Crippen molar-refractivity contribution < 1.29 is 9.53 Å². The van der Waals surface area contributed by atoms with E-state index in [9.17, 15) is 9.59 Å². The van der Waals surface area contributed by atoms with Crippen molar-refractivity contribution in [2.45, 2.75) is 32.8 Å². The Labute approximate surface area is 93.6 Å². The minimum atomic E-state index is -0.409. The van der Waals surface area contributed by atoms with Gasteiger partial charge in [-0.25, -0.2) is 4.79 Å². The van der Waals surface area contributed by atoms with E-state index in [1.54, 1.807) is 13.0 Å². The second-order valence-electron chi connectivity index (χ2n) is 4.36. The second kappa shape index (κ2) is 4.12. The van der Waals surface area contributed by atoms with Crippen LogP contribution in [0, 0.1) is 12.8 Å². The summed E-state index contributed by atoms with van der Waals surface area (Å²) in [4.78, 5) is 25.5. The minimum absolute atomic E-state index is 0.0490. The van der Waals surface area contributed by atoms with Gasteiger partial charge in [0.05, 0.1) is 5.56 Å². The molecule has 0 aromatic carbocycles. The molecule has 1 aromatic rings. The molecule has 0 saturated heterocycles. The minimum Gasteiger partial charge on any atom is -0.459 e. The van der Waals surface area contributed by atoms with Gasteiger partial charge in [0, 0.05) is 11.8 Å². The van der Waals surface area contributed by atoms with Crippen molar-refractivity contribution in [3.8, 4) is 0 Å². The van der Waals surface area contributed by atoms with Crippen LogP contribution < -0.4 is 5.56 Å². The molecule has 16 heavy (non-hydrogen) atoms. The van der Waals surface area contributed by atoms with Crippen LogP contribution in [0.2, 0.25) is 0 Å². The number of hydrogen-bond donors (Lipinski definition) is 1. The fourth-order valence-corrected chi connectivity index (χ4v) is 1.70.